The predicted molar refractivity (Wildman–Crippen MR) is 79.9 cm³/mol. The van der Waals surface area contributed by atoms with Gasteiger partial charge in [-0.05, 0) is 6.42 Å². The molecule has 1 aliphatic heterocycles. The number of aliphatic carboxylic acids is 1. The van der Waals surface area contributed by atoms with Crippen molar-refractivity contribution >= 4 is 11.9 Å². The largest absolute Gasteiger partial charge is 0.479 e. The highest BCUT2D eigenvalue weighted by Gasteiger charge is 2.28. The zero-order valence-electron chi connectivity index (χ0n) is 13.7. The highest BCUT2D eigenvalue weighted by Crippen LogP contribution is 2.19. The molecule has 1 aromatic heterocycles. The fraction of sp³-hybridized carbons (Fsp3) is 0.733. The first-order chi connectivity index (χ1) is 10.8. The van der Waals surface area contributed by atoms with Gasteiger partial charge in [-0.1, -0.05) is 25.9 Å². The lowest BCUT2D eigenvalue weighted by atomic mass is 9.96. The monoisotopic (exact) mass is 325 g/mol. The quantitative estimate of drug-likeness (QED) is 0.860. The lowest BCUT2D eigenvalue weighted by Crippen LogP contribution is -2.48. The van der Waals surface area contributed by atoms with Gasteiger partial charge in [0.15, 0.2) is 11.9 Å². The topological polar surface area (TPSA) is 106 Å². The highest BCUT2D eigenvalue weighted by molar-refractivity contribution is 5.78. The summed E-state index contributed by atoms with van der Waals surface area (Å²) in [4.78, 5) is 28.9. The first kappa shape index (κ1) is 17.4. The molecule has 2 rings (SSSR count). The van der Waals surface area contributed by atoms with Crippen molar-refractivity contribution in [1.82, 2.24) is 15.0 Å². The zero-order chi connectivity index (χ0) is 17.0. The van der Waals surface area contributed by atoms with E-state index in [0.29, 0.717) is 37.5 Å². The standard InChI is InChI=1S/C15H23N3O5/c1-15(2,3)14-16-11(23-17-14)5-4-6-12(19)18-7-8-22-10(9-18)13(20)21/h10H,4-9H2,1-3H3,(H,20,21)/t10-/m0/s1. The third kappa shape index (κ3) is 4.75. The molecule has 0 aromatic carbocycles. The van der Waals surface area contributed by atoms with Crippen LogP contribution < -0.4 is 0 Å². The van der Waals surface area contributed by atoms with E-state index in [9.17, 15) is 9.59 Å². The third-order valence-electron chi connectivity index (χ3n) is 3.61. The van der Waals surface area contributed by atoms with Gasteiger partial charge in [-0.3, -0.25) is 4.79 Å². The van der Waals surface area contributed by atoms with Crippen LogP contribution in [0.15, 0.2) is 4.52 Å². The Balaban J connectivity index is 1.78. The Labute approximate surface area is 134 Å². The Morgan fingerprint density at radius 1 is 1.39 bits per heavy atom. The first-order valence-corrected chi connectivity index (χ1v) is 7.72. The Morgan fingerprint density at radius 3 is 2.74 bits per heavy atom. The van der Waals surface area contributed by atoms with Gasteiger partial charge in [-0.2, -0.15) is 4.98 Å². The number of nitrogens with zero attached hydrogens (tertiary/aromatic N) is 3. The summed E-state index contributed by atoms with van der Waals surface area (Å²) in [6.07, 6.45) is 0.499. The average Bonchev–Trinajstić information content (AvgIpc) is 2.96. The molecule has 8 nitrogen and oxygen atoms in total. The summed E-state index contributed by atoms with van der Waals surface area (Å²) in [5, 5.41) is 12.9. The van der Waals surface area contributed by atoms with E-state index >= 15 is 0 Å². The Hall–Kier alpha value is -1.96. The molecule has 1 aromatic rings. The number of carbonyl (C=O) groups excluding carboxylic acids is 1. The van der Waals surface area contributed by atoms with Crippen molar-refractivity contribution in [2.24, 2.45) is 0 Å². The van der Waals surface area contributed by atoms with Crippen LogP contribution in [0, 0.1) is 0 Å². The van der Waals surface area contributed by atoms with Crippen LogP contribution in [-0.2, 0) is 26.2 Å². The van der Waals surface area contributed by atoms with Gasteiger partial charge in [0.25, 0.3) is 0 Å². The molecule has 1 amide bonds. The second-order valence-corrected chi connectivity index (χ2v) is 6.65. The maximum Gasteiger partial charge on any atom is 0.334 e. The molecule has 2 heterocycles. The van der Waals surface area contributed by atoms with Gasteiger partial charge in [-0.25, -0.2) is 4.79 Å². The Bertz CT molecular complexity index is 564. The maximum absolute atomic E-state index is 12.1. The molecule has 1 N–H and O–H groups in total. The highest BCUT2D eigenvalue weighted by atomic mass is 16.5. The number of ether oxygens (including phenoxy) is 1. The summed E-state index contributed by atoms with van der Waals surface area (Å²) >= 11 is 0. The fourth-order valence-corrected chi connectivity index (χ4v) is 2.24. The summed E-state index contributed by atoms with van der Waals surface area (Å²) in [5.41, 5.74) is -0.169. The fourth-order valence-electron chi connectivity index (χ4n) is 2.24. The summed E-state index contributed by atoms with van der Waals surface area (Å²) < 4.78 is 10.3. The number of aromatic nitrogens is 2. The van der Waals surface area contributed by atoms with Gasteiger partial charge >= 0.3 is 5.97 Å². The van der Waals surface area contributed by atoms with Crippen molar-refractivity contribution in [3.8, 4) is 0 Å². The molecule has 0 spiro atoms. The lowest BCUT2D eigenvalue weighted by molar-refractivity contribution is -0.159. The van der Waals surface area contributed by atoms with Crippen LogP contribution in [0.1, 0.15) is 45.3 Å². The van der Waals surface area contributed by atoms with Crippen molar-refractivity contribution < 1.29 is 24.0 Å². The van der Waals surface area contributed by atoms with Crippen LogP contribution >= 0.6 is 0 Å². The third-order valence-corrected chi connectivity index (χ3v) is 3.61. The van der Waals surface area contributed by atoms with E-state index in [2.05, 4.69) is 10.1 Å². The van der Waals surface area contributed by atoms with Gasteiger partial charge in [0.05, 0.1) is 13.2 Å². The van der Waals surface area contributed by atoms with E-state index in [-0.39, 0.29) is 24.5 Å². The number of hydrogen-bond acceptors (Lipinski definition) is 6. The molecule has 23 heavy (non-hydrogen) atoms. The van der Waals surface area contributed by atoms with E-state index in [0.717, 1.165) is 0 Å². The molecule has 0 unspecified atom stereocenters. The first-order valence-electron chi connectivity index (χ1n) is 7.72. The molecule has 0 saturated carbocycles. The van der Waals surface area contributed by atoms with Gasteiger partial charge in [0.2, 0.25) is 11.8 Å². The molecule has 0 bridgehead atoms. The molecule has 1 saturated heterocycles. The summed E-state index contributed by atoms with van der Waals surface area (Å²) in [5.74, 6) is 0.0580. The number of rotatable bonds is 5. The molecule has 1 atom stereocenters. The summed E-state index contributed by atoms with van der Waals surface area (Å²) in [7, 11) is 0. The van der Waals surface area contributed by atoms with Gasteiger partial charge < -0.3 is 19.3 Å². The molecule has 1 fully saturated rings. The van der Waals surface area contributed by atoms with E-state index in [4.69, 9.17) is 14.4 Å². The smallest absolute Gasteiger partial charge is 0.334 e. The summed E-state index contributed by atoms with van der Waals surface area (Å²) in [6.45, 7) is 6.79. The van der Waals surface area contributed by atoms with Crippen molar-refractivity contribution in [3.63, 3.8) is 0 Å². The molecule has 8 heteroatoms. The average molecular weight is 325 g/mol. The molecule has 128 valence electrons. The number of carboxylic acid groups (broad SMARTS) is 1. The second-order valence-electron chi connectivity index (χ2n) is 6.65. The number of aryl methyl sites for hydroxylation is 1. The predicted octanol–water partition coefficient (Wildman–Crippen LogP) is 1.00. The number of morpholine rings is 1. The van der Waals surface area contributed by atoms with Crippen molar-refractivity contribution in [2.45, 2.75) is 51.6 Å². The van der Waals surface area contributed by atoms with Crippen LogP contribution in [0.4, 0.5) is 0 Å². The van der Waals surface area contributed by atoms with Crippen LogP contribution in [-0.4, -0.2) is 57.8 Å². The van der Waals surface area contributed by atoms with E-state index in [1.807, 2.05) is 20.8 Å². The Morgan fingerprint density at radius 2 is 2.13 bits per heavy atom. The molecular formula is C15H23N3O5. The van der Waals surface area contributed by atoms with Crippen LogP contribution in [0.3, 0.4) is 0 Å². The van der Waals surface area contributed by atoms with Crippen molar-refractivity contribution in [2.75, 3.05) is 19.7 Å². The maximum atomic E-state index is 12.1. The minimum atomic E-state index is -1.04. The van der Waals surface area contributed by atoms with Crippen LogP contribution in [0.5, 0.6) is 0 Å². The van der Waals surface area contributed by atoms with E-state index < -0.39 is 12.1 Å². The number of carboxylic acids is 1. The second kappa shape index (κ2) is 7.08. The molecule has 0 aliphatic carbocycles. The van der Waals surface area contributed by atoms with Gasteiger partial charge in [0, 0.05) is 24.8 Å². The minimum absolute atomic E-state index is 0.0740. The molecular weight excluding hydrogens is 302 g/mol. The Kier molecular flexibility index (Phi) is 5.35. The zero-order valence-corrected chi connectivity index (χ0v) is 13.7. The van der Waals surface area contributed by atoms with Gasteiger partial charge in [0.1, 0.15) is 0 Å². The van der Waals surface area contributed by atoms with Crippen LogP contribution in [0.2, 0.25) is 0 Å². The van der Waals surface area contributed by atoms with E-state index in [1.54, 1.807) is 0 Å². The van der Waals surface area contributed by atoms with Gasteiger partial charge in [-0.15, -0.1) is 0 Å². The van der Waals surface area contributed by atoms with Crippen molar-refractivity contribution in [1.29, 1.82) is 0 Å². The molecule has 0 radical (unpaired) electrons. The summed E-state index contributed by atoms with van der Waals surface area (Å²) in [6, 6.07) is 0. The number of hydrogen-bond donors (Lipinski definition) is 1. The van der Waals surface area contributed by atoms with Crippen LogP contribution in [0.25, 0.3) is 0 Å². The number of carbonyl (C=O) groups is 2. The van der Waals surface area contributed by atoms with Crippen molar-refractivity contribution in [3.05, 3.63) is 11.7 Å². The lowest BCUT2D eigenvalue weighted by Gasteiger charge is -2.30. The SMILES string of the molecule is CC(C)(C)c1noc(CCCC(=O)N2CCO[C@H](C(=O)O)C2)n1. The minimum Gasteiger partial charge on any atom is -0.479 e. The number of amides is 1. The van der Waals surface area contributed by atoms with E-state index in [1.165, 1.54) is 4.90 Å². The molecule has 1 aliphatic rings. The normalized spacial score (nSPS) is 18.9.